The Kier molecular flexibility index (Phi) is 7.05. The normalized spacial score (nSPS) is 16.6. The van der Waals surface area contributed by atoms with Crippen LogP contribution < -0.4 is 10.1 Å². The van der Waals surface area contributed by atoms with E-state index in [0.717, 1.165) is 61.0 Å². The standard InChI is InChI=1S/C21H31N3O2/c1-16-11-18(12-17(2)20(16)26-4)13-24(3)14-19(25)23-21(15-22)9-7-5-6-8-10-21/h11-12H,5-10,13-14H2,1-4H3,(H,23,25). The van der Waals surface area contributed by atoms with Gasteiger partial charge in [0.2, 0.25) is 5.91 Å². The highest BCUT2D eigenvalue weighted by Crippen LogP contribution is 2.27. The van der Waals surface area contributed by atoms with Crippen molar-refractivity contribution in [1.29, 1.82) is 5.26 Å². The van der Waals surface area contributed by atoms with Gasteiger partial charge in [0.25, 0.3) is 0 Å². The molecule has 26 heavy (non-hydrogen) atoms. The van der Waals surface area contributed by atoms with E-state index in [1.54, 1.807) is 7.11 Å². The minimum atomic E-state index is -0.679. The lowest BCUT2D eigenvalue weighted by atomic mass is 9.92. The molecule has 0 unspecified atom stereocenters. The summed E-state index contributed by atoms with van der Waals surface area (Å²) >= 11 is 0. The Hall–Kier alpha value is -2.06. The van der Waals surface area contributed by atoms with Crippen molar-refractivity contribution in [3.8, 4) is 11.8 Å². The Morgan fingerprint density at radius 1 is 1.23 bits per heavy atom. The number of benzene rings is 1. The fourth-order valence-corrected chi connectivity index (χ4v) is 3.97. The lowest BCUT2D eigenvalue weighted by Gasteiger charge is -2.27. The second-order valence-electron chi connectivity index (χ2n) is 7.59. The Morgan fingerprint density at radius 2 is 1.81 bits per heavy atom. The molecule has 1 fully saturated rings. The summed E-state index contributed by atoms with van der Waals surface area (Å²) in [7, 11) is 3.62. The van der Waals surface area contributed by atoms with Crippen LogP contribution in [0.2, 0.25) is 0 Å². The highest BCUT2D eigenvalue weighted by Gasteiger charge is 2.32. The van der Waals surface area contributed by atoms with Crippen molar-refractivity contribution >= 4 is 5.91 Å². The maximum absolute atomic E-state index is 12.5. The largest absolute Gasteiger partial charge is 0.496 e. The molecule has 5 nitrogen and oxygen atoms in total. The van der Waals surface area contributed by atoms with Gasteiger partial charge in [-0.15, -0.1) is 0 Å². The lowest BCUT2D eigenvalue weighted by Crippen LogP contribution is -2.49. The Bertz CT molecular complexity index is 647. The van der Waals surface area contributed by atoms with Crippen LogP contribution in [0.5, 0.6) is 5.75 Å². The van der Waals surface area contributed by atoms with Gasteiger partial charge < -0.3 is 10.1 Å². The number of nitriles is 1. The van der Waals surface area contributed by atoms with Crippen LogP contribution in [-0.2, 0) is 11.3 Å². The zero-order valence-electron chi connectivity index (χ0n) is 16.5. The van der Waals surface area contributed by atoms with Crippen molar-refractivity contribution in [1.82, 2.24) is 10.2 Å². The summed E-state index contributed by atoms with van der Waals surface area (Å²) in [4.78, 5) is 14.5. The molecule has 1 amide bonds. The molecule has 1 aliphatic rings. The number of rotatable bonds is 6. The predicted molar refractivity (Wildman–Crippen MR) is 103 cm³/mol. The number of amides is 1. The quantitative estimate of drug-likeness (QED) is 0.792. The zero-order valence-corrected chi connectivity index (χ0v) is 16.5. The average Bonchev–Trinajstić information content (AvgIpc) is 2.80. The number of likely N-dealkylation sites (N-methyl/N-ethyl adjacent to an activating group) is 1. The van der Waals surface area contributed by atoms with E-state index in [0.29, 0.717) is 6.54 Å². The van der Waals surface area contributed by atoms with E-state index in [1.807, 2.05) is 25.8 Å². The predicted octanol–water partition coefficient (Wildman–Crippen LogP) is 3.48. The van der Waals surface area contributed by atoms with Gasteiger partial charge in [0.05, 0.1) is 19.7 Å². The topological polar surface area (TPSA) is 65.4 Å². The van der Waals surface area contributed by atoms with Gasteiger partial charge in [-0.05, 0) is 50.4 Å². The van der Waals surface area contributed by atoms with Crippen molar-refractivity contribution in [2.45, 2.75) is 64.5 Å². The summed E-state index contributed by atoms with van der Waals surface area (Å²) < 4.78 is 5.41. The molecule has 0 aliphatic heterocycles. The molecule has 2 rings (SSSR count). The molecular formula is C21H31N3O2. The van der Waals surface area contributed by atoms with E-state index in [9.17, 15) is 10.1 Å². The SMILES string of the molecule is COc1c(C)cc(CN(C)CC(=O)NC2(C#N)CCCCCC2)cc1C. The van der Waals surface area contributed by atoms with Crippen molar-refractivity contribution < 1.29 is 9.53 Å². The fraction of sp³-hybridized carbons (Fsp3) is 0.619. The van der Waals surface area contributed by atoms with E-state index >= 15 is 0 Å². The van der Waals surface area contributed by atoms with Gasteiger partial charge in [-0.3, -0.25) is 9.69 Å². The molecule has 0 heterocycles. The molecule has 0 atom stereocenters. The third-order valence-electron chi connectivity index (χ3n) is 5.14. The number of carbonyl (C=O) groups excluding carboxylic acids is 1. The average molecular weight is 357 g/mol. The van der Waals surface area contributed by atoms with Crippen LogP contribution in [0.25, 0.3) is 0 Å². The molecule has 1 saturated carbocycles. The molecule has 1 N–H and O–H groups in total. The van der Waals surface area contributed by atoms with Gasteiger partial charge in [-0.25, -0.2) is 0 Å². The third kappa shape index (κ3) is 5.22. The first kappa shape index (κ1) is 20.3. The number of nitrogens with one attached hydrogen (secondary N) is 1. The zero-order chi connectivity index (χ0) is 19.2. The highest BCUT2D eigenvalue weighted by atomic mass is 16.5. The molecule has 1 aromatic rings. The molecule has 5 heteroatoms. The minimum absolute atomic E-state index is 0.0714. The van der Waals surface area contributed by atoms with Gasteiger partial charge in [0.1, 0.15) is 11.3 Å². The Balaban J connectivity index is 1.95. The summed E-state index contributed by atoms with van der Waals surface area (Å²) in [6.45, 7) is 5.03. The molecule has 1 aromatic carbocycles. The minimum Gasteiger partial charge on any atom is -0.496 e. The second-order valence-corrected chi connectivity index (χ2v) is 7.59. The van der Waals surface area contributed by atoms with Crippen LogP contribution in [0.4, 0.5) is 0 Å². The molecule has 0 radical (unpaired) electrons. The smallest absolute Gasteiger partial charge is 0.235 e. The summed E-state index contributed by atoms with van der Waals surface area (Å²) in [5.74, 6) is 0.844. The summed E-state index contributed by atoms with van der Waals surface area (Å²) in [6.07, 6.45) is 5.83. The van der Waals surface area contributed by atoms with Crippen LogP contribution in [0.1, 0.15) is 55.2 Å². The number of methoxy groups -OCH3 is 1. The van der Waals surface area contributed by atoms with Crippen LogP contribution >= 0.6 is 0 Å². The number of hydrogen-bond donors (Lipinski definition) is 1. The number of aryl methyl sites for hydroxylation is 2. The maximum atomic E-state index is 12.5. The van der Waals surface area contributed by atoms with Crippen molar-refractivity contribution in [2.75, 3.05) is 20.7 Å². The summed E-state index contributed by atoms with van der Waals surface area (Å²) in [6, 6.07) is 6.57. The van der Waals surface area contributed by atoms with E-state index in [2.05, 4.69) is 23.5 Å². The molecule has 142 valence electrons. The first-order valence-corrected chi connectivity index (χ1v) is 9.44. The summed E-state index contributed by atoms with van der Waals surface area (Å²) in [5.41, 5.74) is 2.67. The van der Waals surface area contributed by atoms with Crippen molar-refractivity contribution in [2.24, 2.45) is 0 Å². The number of hydrogen-bond acceptors (Lipinski definition) is 4. The lowest BCUT2D eigenvalue weighted by molar-refractivity contribution is -0.123. The van der Waals surface area contributed by atoms with Gasteiger partial charge in [-0.1, -0.05) is 37.8 Å². The first-order chi connectivity index (χ1) is 12.4. The van der Waals surface area contributed by atoms with Gasteiger partial charge in [0.15, 0.2) is 0 Å². The summed E-state index contributed by atoms with van der Waals surface area (Å²) in [5, 5.41) is 12.6. The Labute approximate surface area is 157 Å². The van der Waals surface area contributed by atoms with Crippen molar-refractivity contribution in [3.05, 3.63) is 28.8 Å². The van der Waals surface area contributed by atoms with Gasteiger partial charge in [-0.2, -0.15) is 5.26 Å². The highest BCUT2D eigenvalue weighted by molar-refractivity contribution is 5.79. The monoisotopic (exact) mass is 357 g/mol. The molecule has 0 aromatic heterocycles. The third-order valence-corrected chi connectivity index (χ3v) is 5.14. The van der Waals surface area contributed by atoms with Crippen molar-refractivity contribution in [3.63, 3.8) is 0 Å². The number of ether oxygens (including phenoxy) is 1. The van der Waals surface area contributed by atoms with Crippen LogP contribution in [0.3, 0.4) is 0 Å². The van der Waals surface area contributed by atoms with E-state index in [4.69, 9.17) is 4.74 Å². The van der Waals surface area contributed by atoms with E-state index < -0.39 is 5.54 Å². The first-order valence-electron chi connectivity index (χ1n) is 9.44. The Morgan fingerprint density at radius 3 is 2.31 bits per heavy atom. The van der Waals surface area contributed by atoms with E-state index in [1.165, 1.54) is 0 Å². The maximum Gasteiger partial charge on any atom is 0.235 e. The second kappa shape index (κ2) is 9.05. The van der Waals surface area contributed by atoms with Crippen LogP contribution in [-0.4, -0.2) is 37.0 Å². The van der Waals surface area contributed by atoms with Gasteiger partial charge >= 0.3 is 0 Å². The molecule has 0 saturated heterocycles. The number of nitrogens with zero attached hydrogens (tertiary/aromatic N) is 2. The molecular weight excluding hydrogens is 326 g/mol. The number of carbonyl (C=O) groups is 1. The fourth-order valence-electron chi connectivity index (χ4n) is 3.97. The van der Waals surface area contributed by atoms with Gasteiger partial charge in [0, 0.05) is 6.54 Å². The molecule has 0 spiro atoms. The van der Waals surface area contributed by atoms with Crippen LogP contribution in [0, 0.1) is 25.2 Å². The van der Waals surface area contributed by atoms with E-state index in [-0.39, 0.29) is 12.5 Å². The molecule has 1 aliphatic carbocycles. The van der Waals surface area contributed by atoms with Crippen LogP contribution in [0.15, 0.2) is 12.1 Å². The molecule has 0 bridgehead atoms.